The Morgan fingerprint density at radius 3 is 1.92 bits per heavy atom. The predicted molar refractivity (Wildman–Crippen MR) is 46.7 cm³/mol. The minimum absolute atomic E-state index is 0.309. The van der Waals surface area contributed by atoms with E-state index in [9.17, 15) is 8.42 Å². The second kappa shape index (κ2) is 5.75. The number of hydrogen-bond acceptors (Lipinski definition) is 4. The van der Waals surface area contributed by atoms with Gasteiger partial charge in [-0.3, -0.25) is 0 Å². The zero-order valence-electron chi connectivity index (χ0n) is 7.12. The summed E-state index contributed by atoms with van der Waals surface area (Å²) in [6, 6.07) is 0. The van der Waals surface area contributed by atoms with Gasteiger partial charge in [-0.25, -0.2) is 8.42 Å². The summed E-state index contributed by atoms with van der Waals surface area (Å²) in [6.45, 7) is 4.31. The van der Waals surface area contributed by atoms with Crippen LogP contribution >= 0.6 is 10.7 Å². The molecule has 0 bridgehead atoms. The molecule has 6 heteroatoms. The lowest BCUT2D eigenvalue weighted by Crippen LogP contribution is -2.24. The van der Waals surface area contributed by atoms with Gasteiger partial charge < -0.3 is 9.47 Å². The lowest BCUT2D eigenvalue weighted by Gasteiger charge is -2.14. The summed E-state index contributed by atoms with van der Waals surface area (Å²) in [4.78, 5) is 0. The maximum Gasteiger partial charge on any atom is 0.237 e. The summed E-state index contributed by atoms with van der Waals surface area (Å²) in [5, 5.41) is 0. The summed E-state index contributed by atoms with van der Waals surface area (Å²) < 4.78 is 31.1. The van der Waals surface area contributed by atoms with Gasteiger partial charge in [0, 0.05) is 23.9 Å². The molecule has 0 aromatic carbocycles. The normalized spacial score (nSPS) is 12.3. The third-order valence-electron chi connectivity index (χ3n) is 1.04. The average molecular weight is 217 g/mol. The van der Waals surface area contributed by atoms with E-state index in [0.717, 1.165) is 0 Å². The van der Waals surface area contributed by atoms with Crippen molar-refractivity contribution in [1.82, 2.24) is 0 Å². The fourth-order valence-corrected chi connectivity index (χ4v) is 1.50. The van der Waals surface area contributed by atoms with Crippen LogP contribution in [0.2, 0.25) is 0 Å². The van der Waals surface area contributed by atoms with Crippen LogP contribution in [0.15, 0.2) is 0 Å². The molecule has 0 radical (unpaired) electrons. The molecule has 74 valence electrons. The van der Waals surface area contributed by atoms with Crippen molar-refractivity contribution in [3.05, 3.63) is 0 Å². The second-order valence-corrected chi connectivity index (χ2v) is 4.87. The van der Waals surface area contributed by atoms with Crippen molar-refractivity contribution in [3.8, 4) is 0 Å². The van der Waals surface area contributed by atoms with Crippen molar-refractivity contribution in [2.75, 3.05) is 19.0 Å². The Labute approximate surface area is 77.2 Å². The summed E-state index contributed by atoms with van der Waals surface area (Å²) >= 11 is 0. The predicted octanol–water partition coefficient (Wildman–Crippen LogP) is 0.954. The zero-order chi connectivity index (χ0) is 9.61. The zero-order valence-corrected chi connectivity index (χ0v) is 8.69. The van der Waals surface area contributed by atoms with Crippen molar-refractivity contribution < 1.29 is 17.9 Å². The van der Waals surface area contributed by atoms with Crippen LogP contribution in [0.4, 0.5) is 0 Å². The first-order valence-electron chi connectivity index (χ1n) is 3.65. The van der Waals surface area contributed by atoms with Gasteiger partial charge in [-0.1, -0.05) is 0 Å². The molecule has 0 aliphatic rings. The molecule has 0 N–H and O–H groups in total. The fourth-order valence-electron chi connectivity index (χ4n) is 0.679. The van der Waals surface area contributed by atoms with Crippen LogP contribution < -0.4 is 0 Å². The molecule has 0 saturated carbocycles. The van der Waals surface area contributed by atoms with Crippen molar-refractivity contribution in [2.24, 2.45) is 0 Å². The number of halogens is 1. The van der Waals surface area contributed by atoms with Gasteiger partial charge in [-0.2, -0.15) is 0 Å². The third-order valence-corrected chi connectivity index (χ3v) is 2.09. The van der Waals surface area contributed by atoms with Gasteiger partial charge in [0.2, 0.25) is 9.05 Å². The summed E-state index contributed by atoms with van der Waals surface area (Å²) in [7, 11) is 1.47. The second-order valence-electron chi connectivity index (χ2n) is 2.05. The first kappa shape index (κ1) is 12.2. The maximum absolute atomic E-state index is 10.6. The Hall–Kier alpha value is 0.160. The van der Waals surface area contributed by atoms with Gasteiger partial charge in [0.1, 0.15) is 5.75 Å². The van der Waals surface area contributed by atoms with Crippen LogP contribution in [0, 0.1) is 0 Å². The molecule has 0 saturated heterocycles. The summed E-state index contributed by atoms with van der Waals surface area (Å²) in [5.74, 6) is -0.309. The SMILES string of the molecule is CCOC(CS(=O)(=O)Cl)OCC. The maximum atomic E-state index is 10.6. The van der Waals surface area contributed by atoms with E-state index in [-0.39, 0.29) is 5.75 Å². The van der Waals surface area contributed by atoms with E-state index >= 15 is 0 Å². The van der Waals surface area contributed by atoms with E-state index in [1.165, 1.54) is 0 Å². The van der Waals surface area contributed by atoms with Crippen LogP contribution in [-0.4, -0.2) is 33.7 Å². The van der Waals surface area contributed by atoms with Gasteiger partial charge in [0.25, 0.3) is 0 Å². The Balaban J connectivity index is 3.95. The highest BCUT2D eigenvalue weighted by atomic mass is 35.7. The van der Waals surface area contributed by atoms with Crippen LogP contribution in [-0.2, 0) is 18.5 Å². The van der Waals surface area contributed by atoms with Crippen LogP contribution in [0.1, 0.15) is 13.8 Å². The van der Waals surface area contributed by atoms with Crippen molar-refractivity contribution in [1.29, 1.82) is 0 Å². The molecule has 0 heterocycles. The van der Waals surface area contributed by atoms with E-state index in [1.807, 2.05) is 0 Å². The van der Waals surface area contributed by atoms with Crippen LogP contribution in [0.5, 0.6) is 0 Å². The van der Waals surface area contributed by atoms with E-state index in [2.05, 4.69) is 0 Å². The standard InChI is InChI=1S/C6H13ClO4S/c1-3-10-6(11-4-2)5-12(7,8)9/h6H,3-5H2,1-2H3. The van der Waals surface area contributed by atoms with Gasteiger partial charge in [0.15, 0.2) is 6.29 Å². The van der Waals surface area contributed by atoms with E-state index < -0.39 is 15.3 Å². The number of hydrogen-bond donors (Lipinski definition) is 0. The molecule has 12 heavy (non-hydrogen) atoms. The highest BCUT2D eigenvalue weighted by Gasteiger charge is 2.16. The quantitative estimate of drug-likeness (QED) is 0.490. The molecule has 0 spiro atoms. The molecule has 0 aliphatic heterocycles. The van der Waals surface area contributed by atoms with Crippen LogP contribution in [0.3, 0.4) is 0 Å². The molecule has 0 aromatic heterocycles. The molecule has 0 fully saturated rings. The van der Waals surface area contributed by atoms with Crippen molar-refractivity contribution in [3.63, 3.8) is 0 Å². The topological polar surface area (TPSA) is 52.6 Å². The average Bonchev–Trinajstić information content (AvgIpc) is 1.84. The fraction of sp³-hybridized carbons (Fsp3) is 1.00. The van der Waals surface area contributed by atoms with Gasteiger partial charge >= 0.3 is 0 Å². The third kappa shape index (κ3) is 6.84. The Bertz CT molecular complexity index is 196. The monoisotopic (exact) mass is 216 g/mol. The summed E-state index contributed by atoms with van der Waals surface area (Å²) in [6.07, 6.45) is -0.748. The number of rotatable bonds is 6. The van der Waals surface area contributed by atoms with E-state index in [4.69, 9.17) is 20.2 Å². The Morgan fingerprint density at radius 2 is 1.67 bits per heavy atom. The minimum atomic E-state index is -3.55. The van der Waals surface area contributed by atoms with Crippen LogP contribution in [0.25, 0.3) is 0 Å². The molecule has 0 unspecified atom stereocenters. The van der Waals surface area contributed by atoms with Crippen molar-refractivity contribution >= 4 is 19.7 Å². The first-order valence-corrected chi connectivity index (χ1v) is 6.13. The van der Waals surface area contributed by atoms with Gasteiger partial charge in [-0.15, -0.1) is 0 Å². The Kier molecular flexibility index (Phi) is 5.82. The smallest absolute Gasteiger partial charge is 0.237 e. The lowest BCUT2D eigenvalue weighted by atomic mass is 10.7. The molecule has 4 nitrogen and oxygen atoms in total. The van der Waals surface area contributed by atoms with E-state index in [1.54, 1.807) is 13.8 Å². The molecule has 0 atom stereocenters. The van der Waals surface area contributed by atoms with Gasteiger partial charge in [0.05, 0.1) is 0 Å². The lowest BCUT2D eigenvalue weighted by molar-refractivity contribution is -0.120. The molecule has 0 aromatic rings. The summed E-state index contributed by atoms with van der Waals surface area (Å²) in [5.41, 5.74) is 0. The molecular weight excluding hydrogens is 204 g/mol. The van der Waals surface area contributed by atoms with Crippen molar-refractivity contribution in [2.45, 2.75) is 20.1 Å². The highest BCUT2D eigenvalue weighted by molar-refractivity contribution is 8.13. The molecular formula is C6H13ClO4S. The largest absolute Gasteiger partial charge is 0.352 e. The Morgan fingerprint density at radius 1 is 1.25 bits per heavy atom. The van der Waals surface area contributed by atoms with Gasteiger partial charge in [-0.05, 0) is 13.8 Å². The minimum Gasteiger partial charge on any atom is -0.352 e. The molecule has 0 amide bonds. The highest BCUT2D eigenvalue weighted by Crippen LogP contribution is 2.04. The first-order chi connectivity index (χ1) is 5.49. The van der Waals surface area contributed by atoms with E-state index in [0.29, 0.717) is 13.2 Å². The number of ether oxygens (including phenoxy) is 2. The molecule has 0 rings (SSSR count). The molecule has 0 aliphatic carbocycles.